The normalized spacial score (nSPS) is 10.7. The zero-order valence-corrected chi connectivity index (χ0v) is 25.9. The van der Waals surface area contributed by atoms with Gasteiger partial charge in [-0.1, -0.05) is 97.1 Å². The molecule has 8 nitrogen and oxygen atoms in total. The van der Waals surface area contributed by atoms with Crippen LogP contribution in [0.2, 0.25) is 0 Å². The summed E-state index contributed by atoms with van der Waals surface area (Å²) in [6.45, 7) is 4.91. The van der Waals surface area contributed by atoms with Gasteiger partial charge in [-0.3, -0.25) is 14.4 Å². The standard InChI is InChI=1S/C24H25NO3.2C7H7NO/c1-17-13-21(18(2)24(27)28)23(26)14-22(17)25(15-19-9-5-3-6-10-19)16-20-11-7-4-8-12-20;2*8-7(9)6-4-2-1-3-5-6/h3-14,18,26H,15-16H2,1-2H3,(H,27,28);2*1-5H,(H2,8,9). The van der Waals surface area contributed by atoms with Gasteiger partial charge in [-0.15, -0.1) is 0 Å². The average Bonchev–Trinajstić information content (AvgIpc) is 3.07. The van der Waals surface area contributed by atoms with Crippen LogP contribution >= 0.6 is 0 Å². The second-order valence-electron chi connectivity index (χ2n) is 10.5. The highest BCUT2D eigenvalue weighted by molar-refractivity contribution is 5.93. The number of phenols is 1. The molecule has 0 aromatic heterocycles. The smallest absolute Gasteiger partial charge is 0.310 e. The molecule has 236 valence electrons. The summed E-state index contributed by atoms with van der Waals surface area (Å²) in [6, 6.07) is 41.3. The largest absolute Gasteiger partial charge is 0.508 e. The predicted octanol–water partition coefficient (Wildman–Crippen LogP) is 6.67. The number of carboxylic acid groups (broad SMARTS) is 1. The fraction of sp³-hybridized carbons (Fsp3) is 0.132. The van der Waals surface area contributed by atoms with E-state index in [1.807, 2.05) is 55.5 Å². The Morgan fingerprint density at radius 1 is 0.652 bits per heavy atom. The van der Waals surface area contributed by atoms with Gasteiger partial charge < -0.3 is 26.6 Å². The zero-order valence-electron chi connectivity index (χ0n) is 25.9. The van der Waals surface area contributed by atoms with Crippen molar-refractivity contribution in [3.05, 3.63) is 167 Å². The third-order valence-corrected chi connectivity index (χ3v) is 7.07. The lowest BCUT2D eigenvalue weighted by molar-refractivity contribution is -0.138. The molecule has 1 atom stereocenters. The van der Waals surface area contributed by atoms with Crippen molar-refractivity contribution in [1.82, 2.24) is 0 Å². The maximum Gasteiger partial charge on any atom is 0.310 e. The number of carboxylic acids is 1. The quantitative estimate of drug-likeness (QED) is 0.145. The van der Waals surface area contributed by atoms with Crippen molar-refractivity contribution in [2.24, 2.45) is 11.5 Å². The molecule has 0 bridgehead atoms. The maximum absolute atomic E-state index is 11.3. The highest BCUT2D eigenvalue weighted by atomic mass is 16.4. The predicted molar refractivity (Wildman–Crippen MR) is 182 cm³/mol. The van der Waals surface area contributed by atoms with Crippen LogP contribution in [0.4, 0.5) is 5.69 Å². The summed E-state index contributed by atoms with van der Waals surface area (Å²) >= 11 is 0. The maximum atomic E-state index is 11.3. The van der Waals surface area contributed by atoms with Crippen molar-refractivity contribution in [3.63, 3.8) is 0 Å². The van der Waals surface area contributed by atoms with Gasteiger partial charge in [0, 0.05) is 41.5 Å². The number of aryl methyl sites for hydroxylation is 1. The molecule has 0 saturated heterocycles. The molecule has 0 saturated carbocycles. The van der Waals surface area contributed by atoms with E-state index in [0.717, 1.165) is 11.3 Å². The van der Waals surface area contributed by atoms with Crippen molar-refractivity contribution in [1.29, 1.82) is 0 Å². The summed E-state index contributed by atoms with van der Waals surface area (Å²) in [5, 5.41) is 19.8. The zero-order chi connectivity index (χ0) is 33.5. The minimum absolute atomic E-state index is 0.0154. The van der Waals surface area contributed by atoms with E-state index in [1.165, 1.54) is 11.1 Å². The van der Waals surface area contributed by atoms with Crippen LogP contribution < -0.4 is 16.4 Å². The van der Waals surface area contributed by atoms with Crippen LogP contribution in [0.3, 0.4) is 0 Å². The summed E-state index contributed by atoms with van der Waals surface area (Å²) in [5.74, 6) is -2.45. The SMILES string of the molecule is Cc1cc(C(C)C(=O)O)c(O)cc1N(Cc1ccccc1)Cc1ccccc1.NC(=O)c1ccccc1.NC(=O)c1ccccc1. The Bertz CT molecular complexity index is 1610. The third kappa shape index (κ3) is 10.7. The number of primary amides is 2. The average molecular weight is 618 g/mol. The number of hydrogen-bond acceptors (Lipinski definition) is 5. The summed E-state index contributed by atoms with van der Waals surface area (Å²) in [5.41, 5.74) is 15.7. The summed E-state index contributed by atoms with van der Waals surface area (Å²) < 4.78 is 0. The second-order valence-corrected chi connectivity index (χ2v) is 10.5. The number of phenolic OH excluding ortho intramolecular Hbond substituents is 1. The van der Waals surface area contributed by atoms with Crippen LogP contribution in [0.1, 0.15) is 55.8 Å². The number of aliphatic carboxylic acids is 1. The van der Waals surface area contributed by atoms with Crippen molar-refractivity contribution >= 4 is 23.5 Å². The van der Waals surface area contributed by atoms with Crippen LogP contribution in [0.5, 0.6) is 5.75 Å². The molecule has 5 aromatic rings. The van der Waals surface area contributed by atoms with Gasteiger partial charge in [0.2, 0.25) is 11.8 Å². The number of benzene rings is 5. The first kappa shape index (κ1) is 34.6. The van der Waals surface area contributed by atoms with E-state index in [9.17, 15) is 24.6 Å². The molecule has 1 unspecified atom stereocenters. The van der Waals surface area contributed by atoms with Gasteiger partial charge in [0.05, 0.1) is 5.92 Å². The van der Waals surface area contributed by atoms with E-state index >= 15 is 0 Å². The molecule has 0 spiro atoms. The number of nitrogens with two attached hydrogens (primary N) is 2. The molecular formula is C38H39N3O5. The molecule has 0 aliphatic carbocycles. The highest BCUT2D eigenvalue weighted by Crippen LogP contribution is 2.34. The van der Waals surface area contributed by atoms with Crippen LogP contribution in [0, 0.1) is 6.92 Å². The third-order valence-electron chi connectivity index (χ3n) is 7.07. The molecule has 5 aromatic carbocycles. The Morgan fingerprint density at radius 3 is 1.35 bits per heavy atom. The van der Waals surface area contributed by atoms with Gasteiger partial charge in [-0.25, -0.2) is 0 Å². The summed E-state index contributed by atoms with van der Waals surface area (Å²) in [7, 11) is 0. The van der Waals surface area contributed by atoms with E-state index in [2.05, 4.69) is 29.2 Å². The van der Waals surface area contributed by atoms with Gasteiger partial charge in [0.1, 0.15) is 5.75 Å². The summed E-state index contributed by atoms with van der Waals surface area (Å²) in [6.07, 6.45) is 0. The minimum Gasteiger partial charge on any atom is -0.508 e. The number of nitrogens with zero attached hydrogens (tertiary/aromatic N) is 1. The van der Waals surface area contributed by atoms with Crippen molar-refractivity contribution in [3.8, 4) is 5.75 Å². The first-order chi connectivity index (χ1) is 22.1. The van der Waals surface area contributed by atoms with Crippen LogP contribution in [-0.4, -0.2) is 28.0 Å². The topological polar surface area (TPSA) is 147 Å². The van der Waals surface area contributed by atoms with Crippen LogP contribution in [0.15, 0.2) is 133 Å². The van der Waals surface area contributed by atoms with E-state index < -0.39 is 11.9 Å². The van der Waals surface area contributed by atoms with Crippen LogP contribution in [-0.2, 0) is 17.9 Å². The molecule has 46 heavy (non-hydrogen) atoms. The molecule has 0 heterocycles. The lowest BCUT2D eigenvalue weighted by Gasteiger charge is -2.28. The van der Waals surface area contributed by atoms with Gasteiger partial charge >= 0.3 is 5.97 Å². The highest BCUT2D eigenvalue weighted by Gasteiger charge is 2.21. The molecule has 0 aliphatic rings. The fourth-order valence-electron chi connectivity index (χ4n) is 4.57. The Balaban J connectivity index is 0.000000258. The Morgan fingerprint density at radius 2 is 1.02 bits per heavy atom. The molecule has 6 N–H and O–H groups in total. The number of amides is 2. The molecule has 0 aliphatic heterocycles. The van der Waals surface area contributed by atoms with Crippen molar-refractivity contribution < 1.29 is 24.6 Å². The lowest BCUT2D eigenvalue weighted by Crippen LogP contribution is -2.23. The first-order valence-electron chi connectivity index (χ1n) is 14.7. The first-order valence-corrected chi connectivity index (χ1v) is 14.7. The summed E-state index contributed by atoms with van der Waals surface area (Å²) in [4.78, 5) is 34.4. The number of carbonyl (C=O) groups is 3. The monoisotopic (exact) mass is 617 g/mol. The number of hydrogen-bond donors (Lipinski definition) is 4. The number of anilines is 1. The Labute approximate surface area is 269 Å². The molecule has 8 heteroatoms. The molecule has 0 radical (unpaired) electrons. The van der Waals surface area contributed by atoms with E-state index in [-0.39, 0.29) is 17.6 Å². The molecular weight excluding hydrogens is 578 g/mol. The fourth-order valence-corrected chi connectivity index (χ4v) is 4.57. The number of carbonyl (C=O) groups excluding carboxylic acids is 2. The van der Waals surface area contributed by atoms with Gasteiger partial charge in [0.15, 0.2) is 0 Å². The van der Waals surface area contributed by atoms with Gasteiger partial charge in [-0.2, -0.15) is 0 Å². The molecule has 0 fully saturated rings. The van der Waals surface area contributed by atoms with Gasteiger partial charge in [-0.05, 0) is 60.9 Å². The van der Waals surface area contributed by atoms with Crippen LogP contribution in [0.25, 0.3) is 0 Å². The number of aromatic hydroxyl groups is 1. The van der Waals surface area contributed by atoms with E-state index in [4.69, 9.17) is 11.5 Å². The Hall–Kier alpha value is -5.89. The minimum atomic E-state index is -0.951. The van der Waals surface area contributed by atoms with E-state index in [0.29, 0.717) is 29.8 Å². The van der Waals surface area contributed by atoms with Crippen molar-refractivity contribution in [2.45, 2.75) is 32.9 Å². The van der Waals surface area contributed by atoms with E-state index in [1.54, 1.807) is 67.6 Å². The second kappa shape index (κ2) is 17.4. The Kier molecular flexibility index (Phi) is 13.1. The van der Waals surface area contributed by atoms with Gasteiger partial charge in [0.25, 0.3) is 0 Å². The molecule has 2 amide bonds. The van der Waals surface area contributed by atoms with Crippen molar-refractivity contribution in [2.75, 3.05) is 4.90 Å². The number of rotatable bonds is 9. The lowest BCUT2D eigenvalue weighted by atomic mass is 9.96. The molecule has 5 rings (SSSR count).